The summed E-state index contributed by atoms with van der Waals surface area (Å²) >= 11 is 0. The van der Waals surface area contributed by atoms with E-state index >= 15 is 0 Å². The van der Waals surface area contributed by atoms with Crippen LogP contribution in [0.15, 0.2) is 60.9 Å². The SMILES string of the molecule is Cc1nccn1-c1ccc(CNC(=O)[C@H]2CCOc3ccccc3C2)cc1. The van der Waals surface area contributed by atoms with Crippen molar-refractivity contribution in [3.8, 4) is 11.4 Å². The quantitative estimate of drug-likeness (QED) is 0.774. The highest BCUT2D eigenvalue weighted by atomic mass is 16.5. The average molecular weight is 361 g/mol. The van der Waals surface area contributed by atoms with Crippen molar-refractivity contribution < 1.29 is 9.53 Å². The number of benzene rings is 2. The summed E-state index contributed by atoms with van der Waals surface area (Å²) in [5.74, 6) is 1.89. The highest BCUT2D eigenvalue weighted by Gasteiger charge is 2.23. The molecule has 27 heavy (non-hydrogen) atoms. The largest absolute Gasteiger partial charge is 0.493 e. The molecule has 0 bridgehead atoms. The molecule has 1 aliphatic heterocycles. The number of nitrogens with one attached hydrogen (secondary N) is 1. The molecule has 4 rings (SSSR count). The molecule has 0 radical (unpaired) electrons. The number of fused-ring (bicyclic) bond motifs is 1. The molecular formula is C22H23N3O2. The number of hydrogen-bond acceptors (Lipinski definition) is 3. The third kappa shape index (κ3) is 3.87. The van der Waals surface area contributed by atoms with E-state index in [4.69, 9.17) is 4.74 Å². The number of carbonyl (C=O) groups excluding carboxylic acids is 1. The molecule has 5 heteroatoms. The zero-order chi connectivity index (χ0) is 18.6. The van der Waals surface area contributed by atoms with E-state index in [9.17, 15) is 4.79 Å². The lowest BCUT2D eigenvalue weighted by Crippen LogP contribution is -2.31. The highest BCUT2D eigenvalue weighted by Crippen LogP contribution is 2.26. The lowest BCUT2D eigenvalue weighted by molar-refractivity contribution is -0.125. The van der Waals surface area contributed by atoms with E-state index in [-0.39, 0.29) is 11.8 Å². The van der Waals surface area contributed by atoms with Gasteiger partial charge in [0.2, 0.25) is 5.91 Å². The number of para-hydroxylation sites is 1. The van der Waals surface area contributed by atoms with Crippen LogP contribution in [-0.4, -0.2) is 22.1 Å². The fraction of sp³-hybridized carbons (Fsp3) is 0.273. The normalized spacial score (nSPS) is 16.1. The molecule has 1 aliphatic rings. The number of amides is 1. The van der Waals surface area contributed by atoms with E-state index < -0.39 is 0 Å². The first-order valence-electron chi connectivity index (χ1n) is 9.28. The van der Waals surface area contributed by atoms with Crippen LogP contribution < -0.4 is 10.1 Å². The van der Waals surface area contributed by atoms with Crippen molar-refractivity contribution in [3.63, 3.8) is 0 Å². The minimum atomic E-state index is -0.0541. The number of ether oxygens (including phenoxy) is 1. The Labute approximate surface area is 159 Å². The molecule has 1 aromatic heterocycles. The second-order valence-corrected chi connectivity index (χ2v) is 6.87. The van der Waals surface area contributed by atoms with Gasteiger partial charge in [-0.15, -0.1) is 0 Å². The monoisotopic (exact) mass is 361 g/mol. The number of carbonyl (C=O) groups is 1. The summed E-state index contributed by atoms with van der Waals surface area (Å²) in [5.41, 5.74) is 3.25. The van der Waals surface area contributed by atoms with Gasteiger partial charge in [0.1, 0.15) is 11.6 Å². The predicted molar refractivity (Wildman–Crippen MR) is 104 cm³/mol. The maximum atomic E-state index is 12.7. The van der Waals surface area contributed by atoms with Crippen molar-refractivity contribution in [3.05, 3.63) is 77.9 Å². The Morgan fingerprint density at radius 2 is 2.04 bits per heavy atom. The summed E-state index contributed by atoms with van der Waals surface area (Å²) < 4.78 is 7.80. The number of nitrogens with zero attached hydrogens (tertiary/aromatic N) is 2. The summed E-state index contributed by atoms with van der Waals surface area (Å²) in [4.78, 5) is 16.9. The summed E-state index contributed by atoms with van der Waals surface area (Å²) in [7, 11) is 0. The Morgan fingerprint density at radius 1 is 1.22 bits per heavy atom. The second kappa shape index (κ2) is 7.66. The maximum Gasteiger partial charge on any atom is 0.223 e. The molecule has 138 valence electrons. The van der Waals surface area contributed by atoms with Crippen LogP contribution in [0.1, 0.15) is 23.4 Å². The molecule has 0 saturated heterocycles. The van der Waals surface area contributed by atoms with E-state index in [0.29, 0.717) is 13.2 Å². The molecule has 2 heterocycles. The van der Waals surface area contributed by atoms with Crippen LogP contribution in [0, 0.1) is 12.8 Å². The van der Waals surface area contributed by atoms with E-state index in [0.717, 1.165) is 41.2 Å². The minimum Gasteiger partial charge on any atom is -0.493 e. The van der Waals surface area contributed by atoms with Crippen molar-refractivity contribution in [1.82, 2.24) is 14.9 Å². The second-order valence-electron chi connectivity index (χ2n) is 6.87. The van der Waals surface area contributed by atoms with Crippen LogP contribution in [0.4, 0.5) is 0 Å². The van der Waals surface area contributed by atoms with E-state index in [2.05, 4.69) is 10.3 Å². The van der Waals surface area contributed by atoms with Crippen LogP contribution in [0.25, 0.3) is 5.69 Å². The van der Waals surface area contributed by atoms with Gasteiger partial charge in [-0.1, -0.05) is 30.3 Å². The summed E-state index contributed by atoms with van der Waals surface area (Å²) in [6, 6.07) is 16.1. The zero-order valence-electron chi connectivity index (χ0n) is 15.4. The number of hydrogen-bond donors (Lipinski definition) is 1. The average Bonchev–Trinajstić information content (AvgIpc) is 3.00. The molecular weight excluding hydrogens is 338 g/mol. The van der Waals surface area contributed by atoms with Crippen molar-refractivity contribution >= 4 is 5.91 Å². The molecule has 1 amide bonds. The molecule has 0 unspecified atom stereocenters. The zero-order valence-corrected chi connectivity index (χ0v) is 15.4. The fourth-order valence-electron chi connectivity index (χ4n) is 3.47. The van der Waals surface area contributed by atoms with Gasteiger partial charge in [-0.2, -0.15) is 0 Å². The Bertz CT molecular complexity index is 931. The van der Waals surface area contributed by atoms with Crippen LogP contribution in [0.2, 0.25) is 0 Å². The van der Waals surface area contributed by atoms with Crippen molar-refractivity contribution in [2.75, 3.05) is 6.61 Å². The van der Waals surface area contributed by atoms with Crippen LogP contribution >= 0.6 is 0 Å². The first kappa shape index (κ1) is 17.3. The molecule has 0 aliphatic carbocycles. The van der Waals surface area contributed by atoms with E-state index in [1.807, 2.05) is 66.2 Å². The summed E-state index contributed by atoms with van der Waals surface area (Å²) in [6.45, 7) is 3.08. The standard InChI is InChI=1S/C22H23N3O2/c1-16-23-11-12-25(16)20-8-6-17(7-9-20)15-24-22(26)19-10-13-27-21-5-3-2-4-18(21)14-19/h2-9,11-12,19H,10,13-15H2,1H3,(H,24,26)/t19-/m0/s1. The molecule has 2 aromatic carbocycles. The van der Waals surface area contributed by atoms with Gasteiger partial charge < -0.3 is 14.6 Å². The number of rotatable bonds is 4. The smallest absolute Gasteiger partial charge is 0.223 e. The molecule has 0 spiro atoms. The van der Waals surface area contributed by atoms with Gasteiger partial charge in [0.25, 0.3) is 0 Å². The van der Waals surface area contributed by atoms with Crippen LogP contribution in [0.5, 0.6) is 5.75 Å². The molecule has 0 saturated carbocycles. The van der Waals surface area contributed by atoms with E-state index in [1.54, 1.807) is 6.20 Å². The van der Waals surface area contributed by atoms with Gasteiger partial charge in [0.05, 0.1) is 6.61 Å². The number of aryl methyl sites for hydroxylation is 1. The molecule has 1 N–H and O–H groups in total. The first-order chi connectivity index (χ1) is 13.2. The first-order valence-corrected chi connectivity index (χ1v) is 9.28. The lowest BCUT2D eigenvalue weighted by Gasteiger charge is -2.14. The molecule has 5 nitrogen and oxygen atoms in total. The highest BCUT2D eigenvalue weighted by molar-refractivity contribution is 5.79. The Morgan fingerprint density at radius 3 is 2.81 bits per heavy atom. The minimum absolute atomic E-state index is 0.0541. The third-order valence-corrected chi connectivity index (χ3v) is 5.04. The molecule has 0 fully saturated rings. The van der Waals surface area contributed by atoms with Crippen LogP contribution in [0.3, 0.4) is 0 Å². The summed E-state index contributed by atoms with van der Waals surface area (Å²) in [6.07, 6.45) is 5.19. The Kier molecular flexibility index (Phi) is 4.92. The number of aromatic nitrogens is 2. The maximum absolute atomic E-state index is 12.7. The van der Waals surface area contributed by atoms with Gasteiger partial charge in [0, 0.05) is 30.5 Å². The van der Waals surface area contributed by atoms with Gasteiger partial charge >= 0.3 is 0 Å². The summed E-state index contributed by atoms with van der Waals surface area (Å²) in [5, 5.41) is 3.08. The topological polar surface area (TPSA) is 56.2 Å². The van der Waals surface area contributed by atoms with Gasteiger partial charge in [-0.25, -0.2) is 4.98 Å². The van der Waals surface area contributed by atoms with E-state index in [1.165, 1.54) is 0 Å². The molecule has 3 aromatic rings. The number of imidazole rings is 1. The third-order valence-electron chi connectivity index (χ3n) is 5.04. The van der Waals surface area contributed by atoms with Crippen molar-refractivity contribution in [2.24, 2.45) is 5.92 Å². The van der Waals surface area contributed by atoms with Crippen molar-refractivity contribution in [2.45, 2.75) is 26.3 Å². The van der Waals surface area contributed by atoms with Gasteiger partial charge in [-0.3, -0.25) is 4.79 Å². The van der Waals surface area contributed by atoms with Gasteiger partial charge in [-0.05, 0) is 49.1 Å². The molecule has 1 atom stereocenters. The van der Waals surface area contributed by atoms with Crippen molar-refractivity contribution in [1.29, 1.82) is 0 Å². The Hall–Kier alpha value is -3.08. The van der Waals surface area contributed by atoms with Crippen LogP contribution in [-0.2, 0) is 17.8 Å². The predicted octanol–water partition coefficient (Wildman–Crippen LogP) is 3.44. The lowest BCUT2D eigenvalue weighted by atomic mass is 9.96. The van der Waals surface area contributed by atoms with Gasteiger partial charge in [0.15, 0.2) is 0 Å². The fourth-order valence-corrected chi connectivity index (χ4v) is 3.47. The Balaban J connectivity index is 1.37.